The summed E-state index contributed by atoms with van der Waals surface area (Å²) in [6.45, 7) is 5.75. The van der Waals surface area contributed by atoms with Gasteiger partial charge in [0.2, 0.25) is 0 Å². The van der Waals surface area contributed by atoms with E-state index < -0.39 is 36.1 Å². The van der Waals surface area contributed by atoms with Gasteiger partial charge in [0.25, 0.3) is 0 Å². The summed E-state index contributed by atoms with van der Waals surface area (Å²) in [6.07, 6.45) is -4.42. The number of carbonyl (C=O) groups excluding carboxylic acids is 1. The topological polar surface area (TPSA) is 59.6 Å². The van der Waals surface area contributed by atoms with Gasteiger partial charge in [0.15, 0.2) is 0 Å². The molecule has 1 atom stereocenters. The van der Waals surface area contributed by atoms with Crippen LogP contribution >= 0.6 is 0 Å². The molecule has 1 fully saturated rings. The Hall–Kier alpha value is -2.52. The lowest BCUT2D eigenvalue weighted by Gasteiger charge is -2.36. The zero-order valence-corrected chi connectivity index (χ0v) is 16.3. The maximum absolute atomic E-state index is 12.6. The summed E-state index contributed by atoms with van der Waals surface area (Å²) >= 11 is 0. The van der Waals surface area contributed by atoms with Gasteiger partial charge in [0, 0.05) is 12.2 Å². The lowest BCUT2D eigenvalue weighted by molar-refractivity contribution is -0.137. The molecule has 0 bridgehead atoms. The number of hydrogen-bond donors (Lipinski definition) is 2. The van der Waals surface area contributed by atoms with Crippen molar-refractivity contribution in [2.24, 2.45) is 0 Å². The van der Waals surface area contributed by atoms with Crippen molar-refractivity contribution in [2.45, 2.75) is 38.1 Å². The first-order valence-electron chi connectivity index (χ1n) is 9.13. The maximum Gasteiger partial charge on any atom is 0.494 e. The molecule has 0 aliphatic carbocycles. The van der Waals surface area contributed by atoms with Gasteiger partial charge in [0.05, 0.1) is 16.8 Å². The first kappa shape index (κ1) is 21.2. The van der Waals surface area contributed by atoms with Crippen LogP contribution in [0.5, 0.6) is 0 Å². The molecule has 154 valence electrons. The smallest absolute Gasteiger partial charge is 0.399 e. The molecule has 3 rings (SSSR count). The van der Waals surface area contributed by atoms with Crippen molar-refractivity contribution in [3.05, 3.63) is 60.2 Å². The summed E-state index contributed by atoms with van der Waals surface area (Å²) in [4.78, 5) is 12.2. The predicted octanol–water partition coefficient (Wildman–Crippen LogP) is 3.81. The second-order valence-electron chi connectivity index (χ2n) is 7.60. The molecule has 9 heteroatoms. The minimum Gasteiger partial charge on any atom is -0.399 e. The molecule has 2 N–H and O–H groups in total. The third kappa shape index (κ3) is 4.73. The number of halogens is 3. The van der Waals surface area contributed by atoms with Crippen LogP contribution < -0.4 is 16.1 Å². The van der Waals surface area contributed by atoms with E-state index in [-0.39, 0.29) is 12.2 Å². The normalized spacial score (nSPS) is 21.1. The van der Waals surface area contributed by atoms with Gasteiger partial charge in [-0.3, -0.25) is 0 Å². The average molecular weight is 406 g/mol. The van der Waals surface area contributed by atoms with Crippen molar-refractivity contribution in [2.75, 3.05) is 11.9 Å². The second-order valence-corrected chi connectivity index (χ2v) is 7.60. The zero-order chi connectivity index (χ0) is 21.3. The van der Waals surface area contributed by atoms with Gasteiger partial charge in [-0.15, -0.1) is 0 Å². The Balaban J connectivity index is 1.60. The van der Waals surface area contributed by atoms with E-state index in [0.29, 0.717) is 0 Å². The zero-order valence-electron chi connectivity index (χ0n) is 16.3. The maximum atomic E-state index is 12.6. The minimum atomic E-state index is -4.42. The number of hydrogen-bond acceptors (Lipinski definition) is 3. The van der Waals surface area contributed by atoms with Crippen molar-refractivity contribution in [1.82, 2.24) is 5.32 Å². The molecule has 0 aromatic heterocycles. The number of alkyl halides is 3. The first-order chi connectivity index (χ1) is 13.5. The number of nitrogens with one attached hydrogen (secondary N) is 2. The summed E-state index contributed by atoms with van der Waals surface area (Å²) in [6, 6.07) is 13.2. The van der Waals surface area contributed by atoms with E-state index >= 15 is 0 Å². The SMILES string of the molecule is CC1(C)OB(c2ccccc2)OC1(C)CNC(=O)Nc1ccc(C(F)(F)F)cc1. The molecule has 1 aliphatic rings. The molecular formula is C20H22BF3N2O3. The second kappa shape index (κ2) is 7.72. The van der Waals surface area contributed by atoms with Gasteiger partial charge in [-0.25, -0.2) is 4.79 Å². The number of anilines is 1. The summed E-state index contributed by atoms with van der Waals surface area (Å²) in [5.74, 6) is 0. The first-order valence-corrected chi connectivity index (χ1v) is 9.13. The highest BCUT2D eigenvalue weighted by Gasteiger charge is 2.54. The van der Waals surface area contributed by atoms with E-state index in [0.717, 1.165) is 17.6 Å². The van der Waals surface area contributed by atoms with Crippen LogP contribution in [0.4, 0.5) is 23.7 Å². The van der Waals surface area contributed by atoms with Crippen LogP contribution in [-0.2, 0) is 15.5 Å². The van der Waals surface area contributed by atoms with Crippen LogP contribution in [0.2, 0.25) is 0 Å². The molecule has 29 heavy (non-hydrogen) atoms. The van der Waals surface area contributed by atoms with Gasteiger partial charge >= 0.3 is 19.3 Å². The van der Waals surface area contributed by atoms with Crippen LogP contribution in [0.1, 0.15) is 26.3 Å². The van der Waals surface area contributed by atoms with Crippen molar-refractivity contribution >= 4 is 24.3 Å². The molecular weight excluding hydrogens is 384 g/mol. The predicted molar refractivity (Wildman–Crippen MR) is 105 cm³/mol. The van der Waals surface area contributed by atoms with Crippen LogP contribution in [0.25, 0.3) is 0 Å². The largest absolute Gasteiger partial charge is 0.494 e. The number of rotatable bonds is 4. The van der Waals surface area contributed by atoms with Crippen molar-refractivity contribution in [1.29, 1.82) is 0 Å². The van der Waals surface area contributed by atoms with E-state index in [1.807, 2.05) is 51.1 Å². The standard InChI is InChI=1S/C20H22BF3N2O3/c1-18(2)19(3,29-21(28-18)15-7-5-4-6-8-15)13-25-17(27)26-16-11-9-14(10-12-16)20(22,23)24/h4-12H,13H2,1-3H3,(H2,25,26,27). The van der Waals surface area contributed by atoms with Crippen molar-refractivity contribution in [3.8, 4) is 0 Å². The summed E-state index contributed by atoms with van der Waals surface area (Å²) < 4.78 is 50.0. The van der Waals surface area contributed by atoms with E-state index in [1.165, 1.54) is 12.1 Å². The number of carbonyl (C=O) groups is 1. The Bertz CT molecular complexity index is 860. The van der Waals surface area contributed by atoms with Gasteiger partial charge in [0.1, 0.15) is 0 Å². The Morgan fingerprint density at radius 2 is 1.62 bits per heavy atom. The number of benzene rings is 2. The fourth-order valence-electron chi connectivity index (χ4n) is 2.96. The third-order valence-corrected chi connectivity index (χ3v) is 5.17. The van der Waals surface area contributed by atoms with E-state index in [4.69, 9.17) is 9.31 Å². The average Bonchev–Trinajstić information content (AvgIpc) is 2.90. The quantitative estimate of drug-likeness (QED) is 0.760. The highest BCUT2D eigenvalue weighted by atomic mass is 19.4. The summed E-state index contributed by atoms with van der Waals surface area (Å²) in [7, 11) is -0.559. The monoisotopic (exact) mass is 406 g/mol. The van der Waals surface area contributed by atoms with Gasteiger partial charge in [-0.2, -0.15) is 13.2 Å². The van der Waals surface area contributed by atoms with E-state index in [1.54, 1.807) is 0 Å². The Morgan fingerprint density at radius 3 is 2.21 bits per heavy atom. The third-order valence-electron chi connectivity index (χ3n) is 5.17. The van der Waals surface area contributed by atoms with Crippen molar-refractivity contribution < 1.29 is 27.3 Å². The molecule has 1 unspecified atom stereocenters. The van der Waals surface area contributed by atoms with Crippen LogP contribution in [0, 0.1) is 0 Å². The Morgan fingerprint density at radius 1 is 1.00 bits per heavy atom. The lowest BCUT2D eigenvalue weighted by Crippen LogP contribution is -2.53. The molecule has 1 heterocycles. The number of amides is 2. The molecule has 1 saturated heterocycles. The molecule has 0 spiro atoms. The van der Waals surface area contributed by atoms with Gasteiger partial charge < -0.3 is 19.9 Å². The fourth-order valence-corrected chi connectivity index (χ4v) is 2.96. The highest BCUT2D eigenvalue weighted by Crippen LogP contribution is 2.36. The molecule has 2 aromatic carbocycles. The number of urea groups is 1. The van der Waals surface area contributed by atoms with Crippen LogP contribution in [-0.4, -0.2) is 30.9 Å². The van der Waals surface area contributed by atoms with E-state index in [9.17, 15) is 18.0 Å². The minimum absolute atomic E-state index is 0.149. The molecule has 1 aliphatic heterocycles. The van der Waals surface area contributed by atoms with E-state index in [2.05, 4.69) is 10.6 Å². The lowest BCUT2D eigenvalue weighted by atomic mass is 9.79. The summed E-state index contributed by atoms with van der Waals surface area (Å²) in [5, 5.41) is 5.23. The molecule has 2 aromatic rings. The molecule has 0 radical (unpaired) electrons. The van der Waals surface area contributed by atoms with Gasteiger partial charge in [-0.1, -0.05) is 30.3 Å². The Labute approximate surface area is 167 Å². The molecule has 0 saturated carbocycles. The molecule has 5 nitrogen and oxygen atoms in total. The fraction of sp³-hybridized carbons (Fsp3) is 0.350. The van der Waals surface area contributed by atoms with Gasteiger partial charge in [-0.05, 0) is 50.5 Å². The summed E-state index contributed by atoms with van der Waals surface area (Å²) in [5.41, 5.74) is -1.15. The Kier molecular flexibility index (Phi) is 5.64. The van der Waals surface area contributed by atoms with Crippen LogP contribution in [0.15, 0.2) is 54.6 Å². The van der Waals surface area contributed by atoms with Crippen LogP contribution in [0.3, 0.4) is 0 Å². The molecule has 2 amide bonds. The van der Waals surface area contributed by atoms with Crippen molar-refractivity contribution in [3.63, 3.8) is 0 Å². The highest BCUT2D eigenvalue weighted by molar-refractivity contribution is 6.62.